The second kappa shape index (κ2) is 7.46. The third-order valence-corrected chi connectivity index (χ3v) is 8.55. The molecule has 1 aromatic carbocycles. The number of imide groups is 1. The molecule has 0 N–H and O–H groups in total. The van der Waals surface area contributed by atoms with Crippen LogP contribution in [0.1, 0.15) is 38.7 Å². The first kappa shape index (κ1) is 21.0. The predicted molar refractivity (Wildman–Crippen MR) is 109 cm³/mol. The Hall–Kier alpha value is -2.26. The molecular weight excluding hydrogens is 406 g/mol. The zero-order chi connectivity index (χ0) is 21.8. The number of sulfonamides is 1. The van der Waals surface area contributed by atoms with Gasteiger partial charge in [-0.25, -0.2) is 8.42 Å². The van der Waals surface area contributed by atoms with Gasteiger partial charge in [0.2, 0.25) is 27.7 Å². The second-order valence-electron chi connectivity index (χ2n) is 8.48. The SMILES string of the molecule is CC(=O)N1C(=O)[C@H](C)[C@H]2[C@H]1CCN2C(=O)[C@@H]1CCCN1S(=O)(=O)c1ccc(C)cc1. The number of carbonyl (C=O) groups excluding carboxylic acids is 3. The number of rotatable bonds is 3. The van der Waals surface area contributed by atoms with Crippen molar-refractivity contribution in [1.82, 2.24) is 14.1 Å². The van der Waals surface area contributed by atoms with E-state index in [1.807, 2.05) is 6.92 Å². The van der Waals surface area contributed by atoms with Gasteiger partial charge < -0.3 is 4.90 Å². The minimum absolute atomic E-state index is 0.180. The Kier molecular flexibility index (Phi) is 5.22. The summed E-state index contributed by atoms with van der Waals surface area (Å²) in [4.78, 5) is 41.1. The number of likely N-dealkylation sites (tertiary alicyclic amines) is 2. The largest absolute Gasteiger partial charge is 0.335 e. The summed E-state index contributed by atoms with van der Waals surface area (Å²) in [6.45, 7) is 5.71. The van der Waals surface area contributed by atoms with E-state index < -0.39 is 28.0 Å². The van der Waals surface area contributed by atoms with Crippen LogP contribution in [0.15, 0.2) is 29.2 Å². The summed E-state index contributed by atoms with van der Waals surface area (Å²) in [5.74, 6) is -1.31. The van der Waals surface area contributed by atoms with Crippen LogP contribution in [0.3, 0.4) is 0 Å². The Morgan fingerprint density at radius 2 is 1.73 bits per heavy atom. The standard InChI is InChI=1S/C21H27N3O5S/c1-13-6-8-16(9-7-13)30(28,29)23-11-4-5-18(23)21(27)22-12-10-17-19(22)14(2)20(26)24(17)15(3)25/h6-9,14,17-19H,4-5,10-12H2,1-3H3/t14-,17-,18+,19+/m1/s1. The number of amides is 3. The van der Waals surface area contributed by atoms with Crippen LogP contribution in [0.4, 0.5) is 0 Å². The van der Waals surface area contributed by atoms with Crippen LogP contribution < -0.4 is 0 Å². The molecule has 8 nitrogen and oxygen atoms in total. The maximum absolute atomic E-state index is 13.5. The van der Waals surface area contributed by atoms with Gasteiger partial charge in [0.25, 0.3) is 0 Å². The Morgan fingerprint density at radius 3 is 2.37 bits per heavy atom. The van der Waals surface area contributed by atoms with Crippen LogP contribution in [-0.2, 0) is 24.4 Å². The summed E-state index contributed by atoms with van der Waals surface area (Å²) in [5.41, 5.74) is 0.959. The van der Waals surface area contributed by atoms with Gasteiger partial charge in [0.05, 0.1) is 22.9 Å². The summed E-state index contributed by atoms with van der Waals surface area (Å²) >= 11 is 0. The first-order valence-electron chi connectivity index (χ1n) is 10.4. The third kappa shape index (κ3) is 3.15. The van der Waals surface area contributed by atoms with Gasteiger partial charge in [-0.3, -0.25) is 19.3 Å². The highest BCUT2D eigenvalue weighted by molar-refractivity contribution is 7.89. The quantitative estimate of drug-likeness (QED) is 0.713. The lowest BCUT2D eigenvalue weighted by Crippen LogP contribution is -2.51. The Balaban J connectivity index is 1.60. The molecule has 3 aliphatic rings. The molecule has 4 atom stereocenters. The van der Waals surface area contributed by atoms with Gasteiger partial charge in [0.15, 0.2) is 0 Å². The summed E-state index contributed by atoms with van der Waals surface area (Å²) in [6.07, 6.45) is 1.59. The second-order valence-corrected chi connectivity index (χ2v) is 10.4. The molecule has 0 aromatic heterocycles. The van der Waals surface area contributed by atoms with Gasteiger partial charge in [-0.1, -0.05) is 24.6 Å². The van der Waals surface area contributed by atoms with Crippen molar-refractivity contribution in [1.29, 1.82) is 0 Å². The lowest BCUT2D eigenvalue weighted by atomic mass is 10.0. The van der Waals surface area contributed by atoms with Crippen LogP contribution in [0.25, 0.3) is 0 Å². The van der Waals surface area contributed by atoms with E-state index in [1.165, 1.54) is 16.1 Å². The van der Waals surface area contributed by atoms with E-state index in [9.17, 15) is 22.8 Å². The number of benzene rings is 1. The Labute approximate surface area is 176 Å². The van der Waals surface area contributed by atoms with E-state index in [0.717, 1.165) is 5.56 Å². The molecule has 0 spiro atoms. The molecule has 9 heteroatoms. The fourth-order valence-electron chi connectivity index (χ4n) is 5.17. The molecule has 3 saturated heterocycles. The van der Waals surface area contributed by atoms with Gasteiger partial charge in [-0.15, -0.1) is 0 Å². The summed E-state index contributed by atoms with van der Waals surface area (Å²) in [7, 11) is -3.80. The molecular formula is C21H27N3O5S. The summed E-state index contributed by atoms with van der Waals surface area (Å²) < 4.78 is 27.7. The van der Waals surface area contributed by atoms with E-state index in [4.69, 9.17) is 0 Å². The molecule has 4 rings (SSSR count). The molecule has 0 aliphatic carbocycles. The number of aryl methyl sites for hydroxylation is 1. The highest BCUT2D eigenvalue weighted by atomic mass is 32.2. The van der Waals surface area contributed by atoms with Crippen LogP contribution in [0.2, 0.25) is 0 Å². The smallest absolute Gasteiger partial charge is 0.243 e. The van der Waals surface area contributed by atoms with Crippen LogP contribution in [0, 0.1) is 12.8 Å². The number of fused-ring (bicyclic) bond motifs is 1. The Morgan fingerprint density at radius 1 is 1.07 bits per heavy atom. The fraction of sp³-hybridized carbons (Fsp3) is 0.571. The number of hydrogen-bond acceptors (Lipinski definition) is 5. The van der Waals surface area contributed by atoms with Crippen molar-refractivity contribution in [3.05, 3.63) is 29.8 Å². The molecule has 3 amide bonds. The highest BCUT2D eigenvalue weighted by Gasteiger charge is 2.56. The van der Waals surface area contributed by atoms with Crippen molar-refractivity contribution < 1.29 is 22.8 Å². The molecule has 0 radical (unpaired) electrons. The van der Waals surface area contributed by atoms with E-state index in [1.54, 1.807) is 36.1 Å². The van der Waals surface area contributed by atoms with Crippen molar-refractivity contribution in [3.63, 3.8) is 0 Å². The minimum atomic E-state index is -3.80. The van der Waals surface area contributed by atoms with E-state index in [0.29, 0.717) is 32.4 Å². The van der Waals surface area contributed by atoms with Gasteiger partial charge in [0, 0.05) is 20.0 Å². The molecule has 1 aromatic rings. The van der Waals surface area contributed by atoms with Gasteiger partial charge in [0.1, 0.15) is 6.04 Å². The first-order chi connectivity index (χ1) is 14.1. The van der Waals surface area contributed by atoms with Crippen molar-refractivity contribution in [2.75, 3.05) is 13.1 Å². The normalized spacial score (nSPS) is 29.5. The Bertz CT molecular complexity index is 990. The number of hydrogen-bond donors (Lipinski definition) is 0. The molecule has 0 bridgehead atoms. The van der Waals surface area contributed by atoms with Gasteiger partial charge in [-0.05, 0) is 38.3 Å². The topological polar surface area (TPSA) is 95.1 Å². The predicted octanol–water partition coefficient (Wildman–Crippen LogP) is 1.14. The van der Waals surface area contributed by atoms with Crippen LogP contribution in [-0.4, -0.2) is 71.5 Å². The van der Waals surface area contributed by atoms with Crippen molar-refractivity contribution in [3.8, 4) is 0 Å². The maximum Gasteiger partial charge on any atom is 0.243 e. The van der Waals surface area contributed by atoms with Gasteiger partial charge in [-0.2, -0.15) is 4.31 Å². The minimum Gasteiger partial charge on any atom is -0.335 e. The molecule has 3 aliphatic heterocycles. The van der Waals surface area contributed by atoms with Crippen molar-refractivity contribution in [2.24, 2.45) is 5.92 Å². The summed E-state index contributed by atoms with van der Waals surface area (Å²) in [6, 6.07) is 5.14. The van der Waals surface area contributed by atoms with E-state index in [2.05, 4.69) is 0 Å². The van der Waals surface area contributed by atoms with Crippen LogP contribution >= 0.6 is 0 Å². The molecule has 3 fully saturated rings. The average molecular weight is 434 g/mol. The average Bonchev–Trinajstić information content (AvgIpc) is 3.39. The lowest BCUT2D eigenvalue weighted by molar-refractivity contribution is -0.143. The molecule has 0 saturated carbocycles. The maximum atomic E-state index is 13.5. The van der Waals surface area contributed by atoms with Crippen molar-refractivity contribution >= 4 is 27.7 Å². The van der Waals surface area contributed by atoms with E-state index >= 15 is 0 Å². The molecule has 0 unspecified atom stereocenters. The first-order valence-corrected chi connectivity index (χ1v) is 11.8. The fourth-order valence-corrected chi connectivity index (χ4v) is 6.82. The lowest BCUT2D eigenvalue weighted by Gasteiger charge is -2.31. The van der Waals surface area contributed by atoms with E-state index in [-0.39, 0.29) is 28.7 Å². The summed E-state index contributed by atoms with van der Waals surface area (Å²) in [5, 5.41) is 0. The molecule has 30 heavy (non-hydrogen) atoms. The third-order valence-electron chi connectivity index (χ3n) is 6.63. The van der Waals surface area contributed by atoms with Crippen LogP contribution in [0.5, 0.6) is 0 Å². The number of carbonyl (C=O) groups is 3. The number of nitrogens with zero attached hydrogens (tertiary/aromatic N) is 3. The highest BCUT2D eigenvalue weighted by Crippen LogP contribution is 2.38. The van der Waals surface area contributed by atoms with Gasteiger partial charge >= 0.3 is 0 Å². The van der Waals surface area contributed by atoms with Crippen molar-refractivity contribution in [2.45, 2.75) is 63.1 Å². The monoisotopic (exact) mass is 433 g/mol. The molecule has 3 heterocycles. The zero-order valence-corrected chi connectivity index (χ0v) is 18.3. The zero-order valence-electron chi connectivity index (χ0n) is 17.4. The molecule has 162 valence electrons.